The van der Waals surface area contributed by atoms with Crippen LogP contribution < -0.4 is 5.32 Å². The second-order valence-corrected chi connectivity index (χ2v) is 4.17. The standard InChI is InChI=1S/C9H18N4O/c1-9(2,3)8(14)11-6-4-5-7-12-13-10/h4-7H2,1-3H3,(H,11,14). The maximum Gasteiger partial charge on any atom is 0.225 e. The van der Waals surface area contributed by atoms with Crippen molar-refractivity contribution in [1.82, 2.24) is 5.32 Å². The molecule has 0 aromatic carbocycles. The molecule has 5 nitrogen and oxygen atoms in total. The number of carbonyl (C=O) groups excluding carboxylic acids is 1. The number of carbonyl (C=O) groups is 1. The van der Waals surface area contributed by atoms with Crippen molar-refractivity contribution in [2.75, 3.05) is 13.1 Å². The van der Waals surface area contributed by atoms with Crippen LogP contribution in [0.4, 0.5) is 0 Å². The molecule has 0 aliphatic carbocycles. The van der Waals surface area contributed by atoms with E-state index >= 15 is 0 Å². The third-order valence-electron chi connectivity index (χ3n) is 1.71. The zero-order valence-corrected chi connectivity index (χ0v) is 9.08. The highest BCUT2D eigenvalue weighted by atomic mass is 16.2. The van der Waals surface area contributed by atoms with Gasteiger partial charge in [0.05, 0.1) is 0 Å². The summed E-state index contributed by atoms with van der Waals surface area (Å²) in [5.74, 6) is 0.0567. The predicted molar refractivity (Wildman–Crippen MR) is 55.7 cm³/mol. The van der Waals surface area contributed by atoms with Crippen LogP contribution in [-0.4, -0.2) is 19.0 Å². The zero-order chi connectivity index (χ0) is 11.0. The highest BCUT2D eigenvalue weighted by Gasteiger charge is 2.19. The van der Waals surface area contributed by atoms with E-state index in [1.807, 2.05) is 20.8 Å². The topological polar surface area (TPSA) is 77.9 Å². The van der Waals surface area contributed by atoms with Gasteiger partial charge in [-0.25, -0.2) is 0 Å². The van der Waals surface area contributed by atoms with E-state index in [0.717, 1.165) is 12.8 Å². The van der Waals surface area contributed by atoms with E-state index in [-0.39, 0.29) is 11.3 Å². The number of azide groups is 1. The highest BCUT2D eigenvalue weighted by Crippen LogP contribution is 2.12. The van der Waals surface area contributed by atoms with E-state index < -0.39 is 0 Å². The normalized spacial score (nSPS) is 10.5. The van der Waals surface area contributed by atoms with Crippen LogP contribution in [0.3, 0.4) is 0 Å². The van der Waals surface area contributed by atoms with Crippen LogP contribution in [0.1, 0.15) is 33.6 Å². The quantitative estimate of drug-likeness (QED) is 0.312. The molecule has 0 aliphatic rings. The number of hydrogen-bond acceptors (Lipinski definition) is 2. The fourth-order valence-corrected chi connectivity index (χ4v) is 0.819. The molecule has 0 saturated heterocycles. The van der Waals surface area contributed by atoms with Gasteiger partial charge in [-0.05, 0) is 18.4 Å². The largest absolute Gasteiger partial charge is 0.356 e. The van der Waals surface area contributed by atoms with Gasteiger partial charge in [-0.1, -0.05) is 25.9 Å². The summed E-state index contributed by atoms with van der Waals surface area (Å²) >= 11 is 0. The van der Waals surface area contributed by atoms with Crippen molar-refractivity contribution in [2.24, 2.45) is 10.5 Å². The average Bonchev–Trinajstić information content (AvgIpc) is 2.09. The third kappa shape index (κ3) is 6.31. The molecule has 0 heterocycles. The fraction of sp³-hybridized carbons (Fsp3) is 0.889. The lowest BCUT2D eigenvalue weighted by molar-refractivity contribution is -0.128. The van der Waals surface area contributed by atoms with Gasteiger partial charge in [-0.2, -0.15) is 0 Å². The molecule has 0 aromatic heterocycles. The molecule has 5 heteroatoms. The molecule has 0 radical (unpaired) electrons. The van der Waals surface area contributed by atoms with Gasteiger partial charge in [0.2, 0.25) is 5.91 Å². The molecule has 0 bridgehead atoms. The molecular weight excluding hydrogens is 180 g/mol. The predicted octanol–water partition coefficient (Wildman–Crippen LogP) is 2.24. The van der Waals surface area contributed by atoms with E-state index in [1.54, 1.807) is 0 Å². The van der Waals surface area contributed by atoms with Crippen molar-refractivity contribution in [3.63, 3.8) is 0 Å². The Bertz CT molecular complexity index is 225. The van der Waals surface area contributed by atoms with Crippen LogP contribution >= 0.6 is 0 Å². The fourth-order valence-electron chi connectivity index (χ4n) is 0.819. The van der Waals surface area contributed by atoms with Crippen molar-refractivity contribution >= 4 is 5.91 Å². The first-order chi connectivity index (χ1) is 6.48. The summed E-state index contributed by atoms with van der Waals surface area (Å²) in [5.41, 5.74) is 7.68. The van der Waals surface area contributed by atoms with Crippen LogP contribution in [-0.2, 0) is 4.79 Å². The number of rotatable bonds is 5. The summed E-state index contributed by atoms with van der Waals surface area (Å²) in [6.07, 6.45) is 1.66. The molecule has 80 valence electrons. The van der Waals surface area contributed by atoms with Crippen LogP contribution in [0, 0.1) is 5.41 Å². The molecule has 0 saturated carbocycles. The van der Waals surface area contributed by atoms with Crippen molar-refractivity contribution in [3.05, 3.63) is 10.4 Å². The minimum absolute atomic E-state index is 0.0567. The molecule has 1 N–H and O–H groups in total. The van der Waals surface area contributed by atoms with Crippen molar-refractivity contribution in [2.45, 2.75) is 33.6 Å². The maximum absolute atomic E-state index is 11.4. The average molecular weight is 198 g/mol. The minimum atomic E-state index is -0.329. The summed E-state index contributed by atoms with van der Waals surface area (Å²) in [6.45, 7) is 6.78. The van der Waals surface area contributed by atoms with Gasteiger partial charge in [0.1, 0.15) is 0 Å². The Morgan fingerprint density at radius 2 is 2.07 bits per heavy atom. The summed E-state index contributed by atoms with van der Waals surface area (Å²) < 4.78 is 0. The molecule has 0 unspecified atom stereocenters. The van der Waals surface area contributed by atoms with Crippen molar-refractivity contribution in [3.8, 4) is 0 Å². The number of amides is 1. The van der Waals surface area contributed by atoms with Gasteiger partial charge < -0.3 is 5.32 Å². The van der Waals surface area contributed by atoms with Gasteiger partial charge >= 0.3 is 0 Å². The Hall–Kier alpha value is -1.22. The summed E-state index contributed by atoms with van der Waals surface area (Å²) in [5, 5.41) is 6.23. The Labute approximate surface area is 84.5 Å². The number of hydrogen-bond donors (Lipinski definition) is 1. The monoisotopic (exact) mass is 198 g/mol. The third-order valence-corrected chi connectivity index (χ3v) is 1.71. The molecule has 0 spiro atoms. The Balaban J connectivity index is 3.46. The van der Waals surface area contributed by atoms with Crippen LogP contribution in [0.15, 0.2) is 5.11 Å². The Morgan fingerprint density at radius 3 is 2.57 bits per heavy atom. The number of nitrogens with one attached hydrogen (secondary N) is 1. The lowest BCUT2D eigenvalue weighted by atomic mass is 9.96. The van der Waals surface area contributed by atoms with Gasteiger partial charge in [0, 0.05) is 23.4 Å². The second-order valence-electron chi connectivity index (χ2n) is 4.17. The summed E-state index contributed by atoms with van der Waals surface area (Å²) in [4.78, 5) is 14.0. The van der Waals surface area contributed by atoms with E-state index in [2.05, 4.69) is 15.3 Å². The Morgan fingerprint density at radius 1 is 1.43 bits per heavy atom. The Kier molecular flexibility index (Phi) is 5.72. The molecule has 1 amide bonds. The molecule has 0 aromatic rings. The van der Waals surface area contributed by atoms with Gasteiger partial charge in [-0.3, -0.25) is 4.79 Å². The SMILES string of the molecule is CC(C)(C)C(=O)NCCCCN=[N+]=[N-]. The summed E-state index contributed by atoms with van der Waals surface area (Å²) in [6, 6.07) is 0. The van der Waals surface area contributed by atoms with Crippen LogP contribution in [0.2, 0.25) is 0 Å². The summed E-state index contributed by atoms with van der Waals surface area (Å²) in [7, 11) is 0. The molecule has 0 atom stereocenters. The molecular formula is C9H18N4O. The first-order valence-electron chi connectivity index (χ1n) is 4.77. The molecule has 0 fully saturated rings. The first-order valence-corrected chi connectivity index (χ1v) is 4.77. The van der Waals surface area contributed by atoms with E-state index in [9.17, 15) is 4.79 Å². The number of unbranched alkanes of at least 4 members (excludes halogenated alkanes) is 1. The van der Waals surface area contributed by atoms with Crippen molar-refractivity contribution < 1.29 is 4.79 Å². The first kappa shape index (κ1) is 12.8. The highest BCUT2D eigenvalue weighted by molar-refractivity contribution is 5.81. The van der Waals surface area contributed by atoms with Gasteiger partial charge in [0.15, 0.2) is 0 Å². The van der Waals surface area contributed by atoms with Crippen LogP contribution in [0.25, 0.3) is 10.4 Å². The maximum atomic E-state index is 11.4. The van der Waals surface area contributed by atoms with Gasteiger partial charge in [-0.15, -0.1) is 0 Å². The van der Waals surface area contributed by atoms with E-state index in [1.165, 1.54) is 0 Å². The number of nitrogens with zero attached hydrogens (tertiary/aromatic N) is 3. The second kappa shape index (κ2) is 6.27. The van der Waals surface area contributed by atoms with Crippen molar-refractivity contribution in [1.29, 1.82) is 0 Å². The van der Waals surface area contributed by atoms with Gasteiger partial charge in [0.25, 0.3) is 0 Å². The molecule has 14 heavy (non-hydrogen) atoms. The zero-order valence-electron chi connectivity index (χ0n) is 9.08. The van der Waals surface area contributed by atoms with Crippen LogP contribution in [0.5, 0.6) is 0 Å². The van der Waals surface area contributed by atoms with E-state index in [0.29, 0.717) is 13.1 Å². The molecule has 0 aliphatic heterocycles. The lowest BCUT2D eigenvalue weighted by Gasteiger charge is -2.17. The van der Waals surface area contributed by atoms with E-state index in [4.69, 9.17) is 5.53 Å². The lowest BCUT2D eigenvalue weighted by Crippen LogP contribution is -2.35. The molecule has 0 rings (SSSR count). The minimum Gasteiger partial charge on any atom is -0.356 e. The smallest absolute Gasteiger partial charge is 0.225 e.